The van der Waals surface area contributed by atoms with E-state index in [9.17, 15) is 0 Å². The highest BCUT2D eigenvalue weighted by Crippen LogP contribution is 2.43. The number of hydrogen-bond acceptors (Lipinski definition) is 4. The molecular weight excluding hydrogens is 711 g/mol. The second-order valence-electron chi connectivity index (χ2n) is 18.8. The van der Waals surface area contributed by atoms with Crippen LogP contribution in [0.3, 0.4) is 0 Å². The Labute approximate surface area is 342 Å². The number of aromatic nitrogens is 3. The van der Waals surface area contributed by atoms with E-state index in [4.69, 9.17) is 9.72 Å². The van der Waals surface area contributed by atoms with Gasteiger partial charge in [0.15, 0.2) is 0 Å². The molecule has 3 aromatic heterocycles. The molecule has 0 saturated carbocycles. The van der Waals surface area contributed by atoms with E-state index in [0.29, 0.717) is 6.67 Å². The Morgan fingerprint density at radius 3 is 1.93 bits per heavy atom. The molecule has 9 rings (SSSR count). The largest absolute Gasteiger partial charge is 0.457 e. The van der Waals surface area contributed by atoms with E-state index in [0.717, 1.165) is 56.1 Å². The average molecular weight is 764 g/mol. The number of pyridine rings is 1. The quantitative estimate of drug-likeness (QED) is 0.169. The van der Waals surface area contributed by atoms with Gasteiger partial charge in [-0.3, -0.25) is 4.57 Å². The minimum absolute atomic E-state index is 0.0286. The Kier molecular flexibility index (Phi) is 8.81. The summed E-state index contributed by atoms with van der Waals surface area (Å²) in [6, 6.07) is 45.7. The van der Waals surface area contributed by atoms with Crippen molar-refractivity contribution in [2.75, 3.05) is 16.5 Å². The Morgan fingerprint density at radius 1 is 0.500 bits per heavy atom. The molecule has 0 N–H and O–H groups in total. The Bertz CT molecular complexity index is 2860. The maximum atomic E-state index is 6.94. The zero-order valence-corrected chi connectivity index (χ0v) is 35.2. The Morgan fingerprint density at radius 2 is 1.17 bits per heavy atom. The molecular formula is C52H53N5O. The summed E-state index contributed by atoms with van der Waals surface area (Å²) in [5.74, 6) is 2.46. The number of ether oxygens (including phenoxy) is 1. The maximum absolute atomic E-state index is 6.94. The molecule has 0 radical (unpaired) electrons. The van der Waals surface area contributed by atoms with E-state index in [1.54, 1.807) is 0 Å². The minimum atomic E-state index is -0.0897. The number of fused-ring (bicyclic) bond motifs is 5. The third kappa shape index (κ3) is 6.60. The van der Waals surface area contributed by atoms with Crippen molar-refractivity contribution < 1.29 is 4.74 Å². The van der Waals surface area contributed by atoms with Gasteiger partial charge in [-0.1, -0.05) is 117 Å². The summed E-state index contributed by atoms with van der Waals surface area (Å²) in [6.07, 6.45) is 6.32. The van der Waals surface area contributed by atoms with Crippen LogP contribution in [0.15, 0.2) is 146 Å². The van der Waals surface area contributed by atoms with Crippen molar-refractivity contribution in [2.24, 2.45) is 0 Å². The predicted molar refractivity (Wildman–Crippen MR) is 243 cm³/mol. The fraction of sp³-hybridized carbons (Fsp3) is 0.250. The number of benzene rings is 5. The fourth-order valence-electron chi connectivity index (χ4n) is 8.35. The van der Waals surface area contributed by atoms with Gasteiger partial charge in [0.25, 0.3) is 0 Å². The molecule has 6 nitrogen and oxygen atoms in total. The van der Waals surface area contributed by atoms with Gasteiger partial charge in [0.05, 0.1) is 28.7 Å². The van der Waals surface area contributed by atoms with Crippen LogP contribution in [-0.4, -0.2) is 20.8 Å². The smallest absolute Gasteiger partial charge is 0.137 e. The molecule has 0 aliphatic carbocycles. The third-order valence-corrected chi connectivity index (χ3v) is 11.5. The monoisotopic (exact) mass is 763 g/mol. The van der Waals surface area contributed by atoms with Gasteiger partial charge in [0, 0.05) is 58.6 Å². The van der Waals surface area contributed by atoms with Crippen LogP contribution in [0.25, 0.3) is 44.3 Å². The standard InChI is InChI=1S/C52H53N5O/c1-50(2,3)35-25-26-53-47(31-35)57-46-33-39(23-24-42(46)48-49(57)41-19-13-15-21-44(41)56(48)37-17-11-10-12-18-37)58-40-30-36(51(4,5)6)29-38(32-40)54-27-28-55(34-54)45-22-16-14-20-43(45)52(7,8)9/h10-33H,34H2,1-9H3. The zero-order chi connectivity index (χ0) is 40.6. The number of hydrogen-bond donors (Lipinski definition) is 0. The van der Waals surface area contributed by atoms with Gasteiger partial charge in [0.1, 0.15) is 17.3 Å². The lowest BCUT2D eigenvalue weighted by Crippen LogP contribution is -2.27. The second-order valence-corrected chi connectivity index (χ2v) is 18.8. The van der Waals surface area contributed by atoms with Crippen LogP contribution in [0, 0.1) is 0 Å². The second kappa shape index (κ2) is 13.7. The van der Waals surface area contributed by atoms with Gasteiger partial charge in [0.2, 0.25) is 0 Å². The molecule has 0 bridgehead atoms. The van der Waals surface area contributed by atoms with Gasteiger partial charge in [-0.15, -0.1) is 0 Å². The first kappa shape index (κ1) is 37.3. The van der Waals surface area contributed by atoms with E-state index >= 15 is 0 Å². The van der Waals surface area contributed by atoms with Gasteiger partial charge in [-0.2, -0.15) is 0 Å². The number of anilines is 2. The van der Waals surface area contributed by atoms with Crippen LogP contribution in [0.4, 0.5) is 11.4 Å². The van der Waals surface area contributed by atoms with E-state index in [2.05, 4.69) is 221 Å². The van der Waals surface area contributed by atoms with Crippen LogP contribution in [0.5, 0.6) is 11.5 Å². The highest BCUT2D eigenvalue weighted by Gasteiger charge is 2.27. The molecule has 0 fully saturated rings. The normalized spacial score (nSPS) is 13.7. The van der Waals surface area contributed by atoms with E-state index < -0.39 is 0 Å². The van der Waals surface area contributed by atoms with Crippen molar-refractivity contribution in [2.45, 2.75) is 78.6 Å². The summed E-state index contributed by atoms with van der Waals surface area (Å²) in [6.45, 7) is 21.1. The average Bonchev–Trinajstić information content (AvgIpc) is 3.90. The zero-order valence-electron chi connectivity index (χ0n) is 35.2. The lowest BCUT2D eigenvalue weighted by molar-refractivity contribution is 0.479. The highest BCUT2D eigenvalue weighted by molar-refractivity contribution is 6.20. The van der Waals surface area contributed by atoms with Crippen LogP contribution in [0.2, 0.25) is 0 Å². The Hall–Kier alpha value is -6.27. The van der Waals surface area contributed by atoms with Gasteiger partial charge in [-0.25, -0.2) is 4.98 Å². The molecule has 1 aliphatic heterocycles. The summed E-state index contributed by atoms with van der Waals surface area (Å²) in [5, 5.41) is 2.30. The summed E-state index contributed by atoms with van der Waals surface area (Å²) < 4.78 is 11.7. The first-order chi connectivity index (χ1) is 27.6. The van der Waals surface area contributed by atoms with E-state index in [-0.39, 0.29) is 16.2 Å². The molecule has 0 atom stereocenters. The summed E-state index contributed by atoms with van der Waals surface area (Å²) in [7, 11) is 0. The summed E-state index contributed by atoms with van der Waals surface area (Å²) in [5.41, 5.74) is 11.6. The first-order valence-corrected chi connectivity index (χ1v) is 20.4. The van der Waals surface area contributed by atoms with Crippen molar-refractivity contribution in [3.05, 3.63) is 163 Å². The third-order valence-electron chi connectivity index (χ3n) is 11.5. The number of rotatable bonds is 6. The number of nitrogens with zero attached hydrogens (tertiary/aromatic N) is 5. The highest BCUT2D eigenvalue weighted by atomic mass is 16.5. The lowest BCUT2D eigenvalue weighted by Gasteiger charge is -2.29. The van der Waals surface area contributed by atoms with Crippen molar-refractivity contribution in [1.82, 2.24) is 14.1 Å². The van der Waals surface area contributed by atoms with Crippen LogP contribution in [-0.2, 0) is 16.2 Å². The van der Waals surface area contributed by atoms with Gasteiger partial charge < -0.3 is 19.1 Å². The molecule has 0 spiro atoms. The van der Waals surface area contributed by atoms with Crippen LogP contribution < -0.4 is 14.5 Å². The van der Waals surface area contributed by atoms with Crippen molar-refractivity contribution in [1.29, 1.82) is 0 Å². The fourth-order valence-corrected chi connectivity index (χ4v) is 8.35. The molecule has 6 heteroatoms. The van der Waals surface area contributed by atoms with Crippen molar-refractivity contribution in [3.63, 3.8) is 0 Å². The maximum Gasteiger partial charge on any atom is 0.137 e. The van der Waals surface area contributed by atoms with Crippen LogP contribution >= 0.6 is 0 Å². The lowest BCUT2D eigenvalue weighted by atomic mass is 9.85. The summed E-state index contributed by atoms with van der Waals surface area (Å²) in [4.78, 5) is 9.68. The topological polar surface area (TPSA) is 38.5 Å². The molecule has 0 unspecified atom stereocenters. The predicted octanol–water partition coefficient (Wildman–Crippen LogP) is 13.6. The Balaban J connectivity index is 1.18. The molecule has 5 aromatic carbocycles. The number of para-hydroxylation sites is 3. The summed E-state index contributed by atoms with van der Waals surface area (Å²) >= 11 is 0. The van der Waals surface area contributed by atoms with Crippen molar-refractivity contribution in [3.8, 4) is 23.0 Å². The molecule has 292 valence electrons. The SMILES string of the molecule is CC(C)(C)c1cc(Oc2ccc3c(c2)n(-c2cc(C(C)(C)C)ccn2)c2c4ccccc4n(-c4ccccc4)c32)cc(N2C=CN(c3ccccc3C(C)(C)C)C2)c1. The molecule has 0 saturated heterocycles. The molecule has 4 heterocycles. The molecule has 1 aliphatic rings. The van der Waals surface area contributed by atoms with Gasteiger partial charge in [-0.05, 0) is 93.6 Å². The van der Waals surface area contributed by atoms with Crippen LogP contribution in [0.1, 0.15) is 79.0 Å². The van der Waals surface area contributed by atoms with E-state index in [1.165, 1.54) is 27.8 Å². The molecule has 58 heavy (non-hydrogen) atoms. The first-order valence-electron chi connectivity index (χ1n) is 20.4. The van der Waals surface area contributed by atoms with Crippen molar-refractivity contribution >= 4 is 44.2 Å². The molecule has 0 amide bonds. The minimum Gasteiger partial charge on any atom is -0.457 e. The van der Waals surface area contributed by atoms with Gasteiger partial charge >= 0.3 is 0 Å². The van der Waals surface area contributed by atoms with E-state index in [1.807, 2.05) is 6.20 Å². The molecule has 8 aromatic rings.